The molecule has 1 aromatic carbocycles. The summed E-state index contributed by atoms with van der Waals surface area (Å²) in [6, 6.07) is 8.66. The molecule has 24 heteroatoms. The Morgan fingerprint density at radius 2 is 0.844 bits per heavy atom. The predicted octanol–water partition coefficient (Wildman–Crippen LogP) is 9.46. The van der Waals surface area contributed by atoms with E-state index in [0.29, 0.717) is 35.6 Å². The Hall–Kier alpha value is -9.32. The van der Waals surface area contributed by atoms with Crippen molar-refractivity contribution < 1.29 is 24.0 Å². The van der Waals surface area contributed by atoms with E-state index in [2.05, 4.69) is 40.9 Å². The van der Waals surface area contributed by atoms with Crippen LogP contribution in [0.2, 0.25) is 0 Å². The van der Waals surface area contributed by atoms with E-state index >= 15 is 0 Å². The van der Waals surface area contributed by atoms with Gasteiger partial charge in [0.05, 0.1) is 17.5 Å². The third-order valence-corrected chi connectivity index (χ3v) is 13.4. The highest BCUT2D eigenvalue weighted by atomic mass is 16.2. The number of carbonyl (C=O) groups is 5. The Kier molecular flexibility index (Phi) is 28.8. The van der Waals surface area contributed by atoms with Crippen molar-refractivity contribution in [1.82, 2.24) is 53.7 Å². The van der Waals surface area contributed by atoms with Crippen molar-refractivity contribution in [1.29, 1.82) is 0 Å². The zero-order chi connectivity index (χ0) is 74.1. The standard InChI is InChI=1S/C22H27N3O3.C18H28N4O2.C17H28N4O3.C15H22N2O3/c1-21(2,3)17(26)13-12-16-14-25(22(4,5)6)20(28)24-18(16)23-19(27)15-10-8-7-9-11-15;1-17(2,3)14(23)10-9-13-11-22(18(4,5)6)16(24)20-15(13)19-12-21(7)8;1-16(2,3)19-10-9-18-13(22)8-7-12-11-21(17(4,5)6)15(24)20-14(12)23;1-14(2,3)11(18)8-7-10-9-17(15(4,5)6)13(20)16-12(10)19/h7-14H,1-6H3,(H,23,24,27,28);9-12H,1-8H3;7-8,11,19H,9-10H2,1-6H3,(H,18,22)(H,20,23,24);7-9H,1-6H3,(H,16,19,20)/b13-12+;10-9+,19-12?;2*8-7+. The molecule has 5 N–H and O–H groups in total. The van der Waals surface area contributed by atoms with Crippen LogP contribution in [-0.2, 0) is 41.3 Å². The fourth-order valence-electron chi connectivity index (χ4n) is 7.57. The summed E-state index contributed by atoms with van der Waals surface area (Å²) >= 11 is 0. The molecule has 0 aliphatic carbocycles. The number of nitrogens with zero attached hydrogens (tertiary/aromatic N) is 8. The molecule has 2 amide bonds. The average molecular weight is 1330 g/mol. The molecule has 0 aliphatic heterocycles. The molecule has 0 unspecified atom stereocenters. The number of allylic oxidation sites excluding steroid dienone is 3. The topological polar surface area (TPSA) is 317 Å². The number of aromatic amines is 2. The van der Waals surface area contributed by atoms with Crippen molar-refractivity contribution in [3.8, 4) is 0 Å². The van der Waals surface area contributed by atoms with Crippen LogP contribution in [0.4, 0.5) is 11.6 Å². The molecule has 5 aromatic rings. The van der Waals surface area contributed by atoms with Crippen molar-refractivity contribution in [2.24, 2.45) is 21.2 Å². The van der Waals surface area contributed by atoms with Gasteiger partial charge in [0, 0.05) is 119 Å². The number of hydrogen-bond donors (Lipinski definition) is 5. The third-order valence-electron chi connectivity index (χ3n) is 13.4. The number of ketones is 3. The highest BCUT2D eigenvalue weighted by Crippen LogP contribution is 2.24. The molecule has 0 fully saturated rings. The monoisotopic (exact) mass is 1330 g/mol. The maximum Gasteiger partial charge on any atom is 0.350 e. The molecule has 0 radical (unpaired) electrons. The normalized spacial score (nSPS) is 12.6. The first kappa shape index (κ1) is 82.8. The fraction of sp³-hybridized carbons (Fsp3) is 0.500. The van der Waals surface area contributed by atoms with Gasteiger partial charge >= 0.3 is 22.8 Å². The number of aromatic nitrogens is 8. The zero-order valence-electron chi connectivity index (χ0n) is 61.4. The van der Waals surface area contributed by atoms with Crippen LogP contribution < -0.4 is 49.8 Å². The smallest absolute Gasteiger partial charge is 0.350 e. The molecule has 96 heavy (non-hydrogen) atoms. The highest BCUT2D eigenvalue weighted by molar-refractivity contribution is 6.05. The second-order valence-electron chi connectivity index (χ2n) is 31.2. The maximum absolute atomic E-state index is 12.5. The van der Waals surface area contributed by atoms with Crippen molar-refractivity contribution in [3.63, 3.8) is 0 Å². The minimum absolute atomic E-state index is 0.00134. The molecule has 524 valence electrons. The number of anilines is 1. The Morgan fingerprint density at radius 1 is 0.479 bits per heavy atom. The molecular weight excluding hydrogens is 1220 g/mol. The van der Waals surface area contributed by atoms with E-state index in [-0.39, 0.29) is 57.3 Å². The molecule has 0 bridgehead atoms. The van der Waals surface area contributed by atoms with Crippen LogP contribution in [0.15, 0.2) is 113 Å². The second-order valence-corrected chi connectivity index (χ2v) is 31.2. The SMILES string of the molecule is CC(C)(C)C(=O)/C=C/c1cn(C(C)(C)C)c(=O)[nH]c1=O.CC(C)(C)C(=O)/C=C/c1cn(C(C)(C)C)c(=O)nc1NC(=O)c1ccccc1.CC(C)(C)NCCNC(=O)/C=C/c1cn(C(C)(C)C)c(=O)[nH]c1=O.CN(C)C=Nc1nc(=O)n(C(C)(C)C)cc1/C=C/C(=O)C(C)(C)C. The molecule has 4 heterocycles. The summed E-state index contributed by atoms with van der Waals surface area (Å²) in [6.07, 6.45) is 19.6. The van der Waals surface area contributed by atoms with E-state index in [0.717, 1.165) is 0 Å². The number of aliphatic imine (C=N–C) groups is 1. The molecule has 24 nitrogen and oxygen atoms in total. The summed E-state index contributed by atoms with van der Waals surface area (Å²) in [5.41, 5.74) is -4.00. The number of carbonyl (C=O) groups excluding carboxylic acids is 5. The van der Waals surface area contributed by atoms with Gasteiger partial charge in [0.2, 0.25) is 5.91 Å². The van der Waals surface area contributed by atoms with Gasteiger partial charge in [-0.05, 0) is 159 Å². The van der Waals surface area contributed by atoms with E-state index in [1.165, 1.54) is 62.6 Å². The number of H-pyrrole nitrogens is 2. The van der Waals surface area contributed by atoms with Gasteiger partial charge in [-0.25, -0.2) is 24.2 Å². The lowest BCUT2D eigenvalue weighted by Crippen LogP contribution is -2.41. The van der Waals surface area contributed by atoms with Crippen molar-refractivity contribution in [3.05, 3.63) is 170 Å². The lowest BCUT2D eigenvalue weighted by molar-refractivity contribution is -0.122. The first-order valence-corrected chi connectivity index (χ1v) is 31.5. The maximum atomic E-state index is 12.5. The molecule has 0 atom stereocenters. The predicted molar refractivity (Wildman–Crippen MR) is 386 cm³/mol. The van der Waals surface area contributed by atoms with Crippen molar-refractivity contribution in [2.75, 3.05) is 32.5 Å². The Balaban J connectivity index is 0.000000439. The van der Waals surface area contributed by atoms with Crippen molar-refractivity contribution >= 4 is 71.4 Å². The van der Waals surface area contributed by atoms with Gasteiger partial charge in [0.15, 0.2) is 23.2 Å². The van der Waals surface area contributed by atoms with Gasteiger partial charge in [-0.15, -0.1) is 0 Å². The summed E-state index contributed by atoms with van der Waals surface area (Å²) in [5, 5.41) is 8.67. The molecule has 0 saturated carbocycles. The van der Waals surface area contributed by atoms with Gasteiger partial charge in [-0.1, -0.05) is 80.5 Å². The van der Waals surface area contributed by atoms with E-state index in [9.17, 15) is 52.7 Å². The number of hydrogen-bond acceptors (Lipinski definition) is 15. The minimum Gasteiger partial charge on any atom is -0.369 e. The quantitative estimate of drug-likeness (QED) is 0.0282. The van der Waals surface area contributed by atoms with Gasteiger partial charge < -0.3 is 20.9 Å². The van der Waals surface area contributed by atoms with E-state index in [4.69, 9.17) is 0 Å². The van der Waals surface area contributed by atoms with Crippen molar-refractivity contribution in [2.45, 2.75) is 194 Å². The van der Waals surface area contributed by atoms with E-state index < -0.39 is 66.6 Å². The molecular formula is C72H105N13O11. The first-order chi connectivity index (χ1) is 43.5. The number of benzene rings is 1. The van der Waals surface area contributed by atoms with Gasteiger partial charge in [0.25, 0.3) is 17.0 Å². The Bertz CT molecular complexity index is 4090. The van der Waals surface area contributed by atoms with Gasteiger partial charge in [-0.3, -0.25) is 61.8 Å². The molecule has 4 aromatic heterocycles. The van der Waals surface area contributed by atoms with Crippen LogP contribution in [0.1, 0.15) is 199 Å². The lowest BCUT2D eigenvalue weighted by Gasteiger charge is -2.23. The van der Waals surface area contributed by atoms with E-state index in [1.54, 1.807) is 85.4 Å². The van der Waals surface area contributed by atoms with Crippen LogP contribution in [0.3, 0.4) is 0 Å². The van der Waals surface area contributed by atoms with Crippen LogP contribution in [-0.4, -0.2) is 111 Å². The zero-order valence-corrected chi connectivity index (χ0v) is 61.4. The molecule has 5 rings (SSSR count). The fourth-order valence-corrected chi connectivity index (χ4v) is 7.57. The largest absolute Gasteiger partial charge is 0.369 e. The summed E-state index contributed by atoms with van der Waals surface area (Å²) in [5.74, 6) is -0.397. The number of nitrogens with one attached hydrogen (secondary N) is 5. The summed E-state index contributed by atoms with van der Waals surface area (Å²) < 4.78 is 5.89. The Labute approximate surface area is 564 Å². The summed E-state index contributed by atoms with van der Waals surface area (Å²) in [6.45, 7) is 46.3. The van der Waals surface area contributed by atoms with Crippen LogP contribution in [0, 0.1) is 16.2 Å². The average Bonchev–Trinajstić information content (AvgIpc) is 0.830. The van der Waals surface area contributed by atoms with Crippen LogP contribution in [0.5, 0.6) is 0 Å². The number of rotatable bonds is 15. The van der Waals surface area contributed by atoms with Crippen LogP contribution >= 0.6 is 0 Å². The molecule has 0 spiro atoms. The third kappa shape index (κ3) is 27.9. The highest BCUT2D eigenvalue weighted by Gasteiger charge is 2.25. The first-order valence-electron chi connectivity index (χ1n) is 31.5. The van der Waals surface area contributed by atoms with Gasteiger partial charge in [-0.2, -0.15) is 9.97 Å². The van der Waals surface area contributed by atoms with E-state index in [1.807, 2.05) is 166 Å². The number of amides is 2. The molecule has 0 aliphatic rings. The van der Waals surface area contributed by atoms with Crippen LogP contribution in [0.25, 0.3) is 24.3 Å². The molecule has 0 saturated heterocycles. The Morgan fingerprint density at radius 3 is 1.23 bits per heavy atom. The minimum atomic E-state index is -0.532. The second kappa shape index (κ2) is 33.4. The van der Waals surface area contributed by atoms with Gasteiger partial charge in [0.1, 0.15) is 5.82 Å². The lowest BCUT2D eigenvalue weighted by atomic mass is 9.90. The summed E-state index contributed by atoms with van der Waals surface area (Å²) in [4.78, 5) is 151. The summed E-state index contributed by atoms with van der Waals surface area (Å²) in [7, 11) is 3.66.